The van der Waals surface area contributed by atoms with Crippen molar-refractivity contribution in [2.45, 2.75) is 77.0 Å². The van der Waals surface area contributed by atoms with Gasteiger partial charge < -0.3 is 21.1 Å². The van der Waals surface area contributed by atoms with Crippen LogP contribution in [0.3, 0.4) is 0 Å². The summed E-state index contributed by atoms with van der Waals surface area (Å²) in [6, 6.07) is 27.4. The molecule has 45 heavy (non-hydrogen) atoms. The van der Waals surface area contributed by atoms with Crippen LogP contribution in [0, 0.1) is 17.8 Å². The Morgan fingerprint density at radius 2 is 1.58 bits per heavy atom. The number of benzene rings is 3. The number of amides is 2. The lowest BCUT2D eigenvalue weighted by Gasteiger charge is -2.57. The van der Waals surface area contributed by atoms with E-state index >= 15 is 0 Å². The Morgan fingerprint density at radius 3 is 2.13 bits per heavy atom. The summed E-state index contributed by atoms with van der Waals surface area (Å²) in [7, 11) is 1.72. The molecule has 0 radical (unpaired) electrons. The van der Waals surface area contributed by atoms with Crippen molar-refractivity contribution >= 4 is 11.8 Å². The fourth-order valence-corrected chi connectivity index (χ4v) is 7.57. The third kappa shape index (κ3) is 7.42. The highest BCUT2D eigenvalue weighted by Gasteiger charge is 2.52. The van der Waals surface area contributed by atoms with E-state index in [0.717, 1.165) is 24.3 Å². The highest BCUT2D eigenvalue weighted by atomic mass is 16.5. The van der Waals surface area contributed by atoms with Crippen LogP contribution in [0.5, 0.6) is 5.75 Å². The van der Waals surface area contributed by atoms with E-state index < -0.39 is 11.9 Å². The van der Waals surface area contributed by atoms with Gasteiger partial charge in [0.2, 0.25) is 11.8 Å². The van der Waals surface area contributed by atoms with Crippen molar-refractivity contribution in [1.29, 1.82) is 0 Å². The van der Waals surface area contributed by atoms with E-state index in [0.29, 0.717) is 25.4 Å². The summed E-state index contributed by atoms with van der Waals surface area (Å²) in [6.45, 7) is 10.7. The highest BCUT2D eigenvalue weighted by molar-refractivity contribution is 5.88. The summed E-state index contributed by atoms with van der Waals surface area (Å²) in [5.41, 5.74) is 10.6. The van der Waals surface area contributed by atoms with Crippen LogP contribution in [0.1, 0.15) is 74.6 Å². The number of nitrogens with one attached hydrogen (secondary N) is 2. The Bertz CT molecular complexity index is 1390. The van der Waals surface area contributed by atoms with Crippen LogP contribution in [0.25, 0.3) is 0 Å². The average Bonchev–Trinajstić information content (AvgIpc) is 3.04. The van der Waals surface area contributed by atoms with Crippen LogP contribution >= 0.6 is 0 Å². The number of primary amides is 1. The smallest absolute Gasteiger partial charge is 0.240 e. The molecule has 2 bridgehead atoms. The molecule has 0 aromatic heterocycles. The number of fused-ring (bicyclic) bond motifs is 3. The second-order valence-electron chi connectivity index (χ2n) is 13.6. The largest absolute Gasteiger partial charge is 0.496 e. The van der Waals surface area contributed by atoms with E-state index in [-0.39, 0.29) is 41.7 Å². The first-order chi connectivity index (χ1) is 21.7. The number of carbonyl (C=O) groups is 2. The molecule has 7 nitrogen and oxygen atoms in total. The van der Waals surface area contributed by atoms with Crippen LogP contribution in [0.2, 0.25) is 0 Å². The normalized spacial score (nSPS) is 23.3. The van der Waals surface area contributed by atoms with Crippen molar-refractivity contribution in [3.63, 3.8) is 0 Å². The number of piperidine rings is 3. The molecule has 7 heteroatoms. The summed E-state index contributed by atoms with van der Waals surface area (Å²) < 4.78 is 5.79. The van der Waals surface area contributed by atoms with Gasteiger partial charge in [-0.25, -0.2) is 0 Å². The summed E-state index contributed by atoms with van der Waals surface area (Å²) in [6.07, 6.45) is 1.43. The molecule has 3 aliphatic rings. The number of ether oxygens (including phenoxy) is 1. The van der Waals surface area contributed by atoms with E-state index in [4.69, 9.17) is 10.5 Å². The Kier molecular flexibility index (Phi) is 10.6. The molecule has 4 N–H and O–H groups in total. The molecule has 6 atom stereocenters. The Balaban J connectivity index is 1.52. The van der Waals surface area contributed by atoms with E-state index in [1.165, 1.54) is 16.7 Å². The molecule has 0 aliphatic carbocycles. The van der Waals surface area contributed by atoms with E-state index in [9.17, 15) is 9.59 Å². The predicted octanol–water partition coefficient (Wildman–Crippen LogP) is 5.45. The molecule has 6 rings (SSSR count). The van der Waals surface area contributed by atoms with Crippen LogP contribution in [-0.2, 0) is 16.1 Å². The lowest BCUT2D eigenvalue weighted by atomic mass is 9.66. The number of carbonyl (C=O) groups excluding carboxylic acids is 2. The summed E-state index contributed by atoms with van der Waals surface area (Å²) in [5.74, 6) is 0.893. The van der Waals surface area contributed by atoms with Crippen molar-refractivity contribution in [2.75, 3.05) is 20.2 Å². The Hall–Kier alpha value is -3.68. The third-order valence-electron chi connectivity index (χ3n) is 9.81. The second-order valence-corrected chi connectivity index (χ2v) is 13.6. The molecule has 3 aromatic rings. The minimum atomic E-state index is -0.667. The van der Waals surface area contributed by atoms with Crippen molar-refractivity contribution in [1.82, 2.24) is 15.5 Å². The van der Waals surface area contributed by atoms with Gasteiger partial charge in [0, 0.05) is 36.7 Å². The molecule has 3 fully saturated rings. The number of hydrogen-bond acceptors (Lipinski definition) is 5. The van der Waals surface area contributed by atoms with Gasteiger partial charge in [-0.15, -0.1) is 0 Å². The Labute approximate surface area is 268 Å². The minimum Gasteiger partial charge on any atom is -0.496 e. The van der Waals surface area contributed by atoms with E-state index in [2.05, 4.69) is 108 Å². The first kappa shape index (κ1) is 32.7. The molecule has 240 valence electrons. The molecule has 2 unspecified atom stereocenters. The summed E-state index contributed by atoms with van der Waals surface area (Å²) >= 11 is 0. The maximum absolute atomic E-state index is 13.9. The minimum absolute atomic E-state index is 0.0122. The van der Waals surface area contributed by atoms with Gasteiger partial charge in [0.05, 0.1) is 13.0 Å². The zero-order valence-corrected chi connectivity index (χ0v) is 27.4. The fourth-order valence-electron chi connectivity index (χ4n) is 7.57. The topological polar surface area (TPSA) is 96.7 Å². The zero-order chi connectivity index (χ0) is 32.1. The quantitative estimate of drug-likeness (QED) is 0.239. The molecule has 3 aliphatic heterocycles. The number of hydrogen-bond donors (Lipinski definition) is 3. The van der Waals surface area contributed by atoms with Gasteiger partial charge in [0.15, 0.2) is 0 Å². The van der Waals surface area contributed by atoms with Crippen molar-refractivity contribution in [3.05, 3.63) is 101 Å². The lowest BCUT2D eigenvalue weighted by Crippen LogP contribution is -2.69. The van der Waals surface area contributed by atoms with Crippen molar-refractivity contribution in [3.8, 4) is 5.75 Å². The SMILES string of the molecule is COc1ccc(C(C)C)cc1CN[C@H]1[C@H]2CCN(C[C@@H]2C(=O)NC(CC(C)C)C(N)=O)[C@H]1C(c1ccccc1)c1ccccc1. The second kappa shape index (κ2) is 14.6. The van der Waals surface area contributed by atoms with Crippen LogP contribution in [0.4, 0.5) is 0 Å². The van der Waals surface area contributed by atoms with Crippen molar-refractivity contribution in [2.24, 2.45) is 23.5 Å². The number of nitrogens with zero attached hydrogens (tertiary/aromatic N) is 1. The first-order valence-electron chi connectivity index (χ1n) is 16.5. The highest BCUT2D eigenvalue weighted by Crippen LogP contribution is 2.44. The lowest BCUT2D eigenvalue weighted by molar-refractivity contribution is -0.138. The molecule has 3 heterocycles. The fraction of sp³-hybridized carbons (Fsp3) is 0.474. The maximum atomic E-state index is 13.9. The van der Waals surface area contributed by atoms with Gasteiger partial charge in [0.25, 0.3) is 0 Å². The Morgan fingerprint density at radius 1 is 0.933 bits per heavy atom. The van der Waals surface area contributed by atoms with E-state index in [1.807, 2.05) is 13.8 Å². The molecule has 3 saturated heterocycles. The van der Waals surface area contributed by atoms with Gasteiger partial charge in [-0.1, -0.05) is 100 Å². The monoisotopic (exact) mass is 610 g/mol. The summed E-state index contributed by atoms with van der Waals surface area (Å²) in [5, 5.41) is 7.03. The zero-order valence-electron chi connectivity index (χ0n) is 27.4. The van der Waals surface area contributed by atoms with Crippen molar-refractivity contribution < 1.29 is 14.3 Å². The number of rotatable bonds is 13. The van der Waals surface area contributed by atoms with Gasteiger partial charge in [-0.05, 0) is 59.9 Å². The molecule has 0 spiro atoms. The molecule has 2 amide bonds. The average molecular weight is 611 g/mol. The summed E-state index contributed by atoms with van der Waals surface area (Å²) in [4.78, 5) is 28.8. The van der Waals surface area contributed by atoms with E-state index in [1.54, 1.807) is 7.11 Å². The van der Waals surface area contributed by atoms with Gasteiger partial charge in [0.1, 0.15) is 11.8 Å². The molecular weight excluding hydrogens is 560 g/mol. The molecular formula is C38H50N4O3. The van der Waals surface area contributed by atoms with Crippen LogP contribution < -0.4 is 21.1 Å². The van der Waals surface area contributed by atoms with Crippen LogP contribution in [-0.4, -0.2) is 55.0 Å². The van der Waals surface area contributed by atoms with Crippen LogP contribution in [0.15, 0.2) is 78.9 Å². The number of nitrogens with two attached hydrogens (primary N) is 1. The van der Waals surface area contributed by atoms with Gasteiger partial charge in [-0.3, -0.25) is 14.5 Å². The van der Waals surface area contributed by atoms with Gasteiger partial charge >= 0.3 is 0 Å². The predicted molar refractivity (Wildman–Crippen MR) is 180 cm³/mol. The standard InChI is InChI=1S/C38H50N4O3/c1-24(2)20-32(37(39)43)41-38(44)31-23-42-19-18-30(31)35(40-22-29-21-28(25(3)4)16-17-33(29)45-5)36(42)34(26-12-8-6-9-13-26)27-14-10-7-11-15-27/h6-17,21,24-25,30-32,34-36,40H,18-20,22-23H2,1-5H3,(H2,39,43)(H,41,44)/t30-,31-,32?,35-,36-/m0/s1. The third-order valence-corrected chi connectivity index (χ3v) is 9.81. The molecule has 3 aromatic carbocycles. The molecule has 0 saturated carbocycles. The first-order valence-corrected chi connectivity index (χ1v) is 16.5. The van der Waals surface area contributed by atoms with Gasteiger partial charge in [-0.2, -0.15) is 0 Å². The number of methoxy groups -OCH3 is 1. The maximum Gasteiger partial charge on any atom is 0.240 e.